The highest BCUT2D eigenvalue weighted by Gasteiger charge is 2.20. The molecule has 1 aliphatic rings. The minimum Gasteiger partial charge on any atom is -0.374 e. The predicted molar refractivity (Wildman–Crippen MR) is 101 cm³/mol. The van der Waals surface area contributed by atoms with Gasteiger partial charge in [-0.1, -0.05) is 48.0 Å². The van der Waals surface area contributed by atoms with E-state index in [1.54, 1.807) is 0 Å². The highest BCUT2D eigenvalue weighted by molar-refractivity contribution is 5.78. The van der Waals surface area contributed by atoms with E-state index in [9.17, 15) is 4.79 Å². The minimum absolute atomic E-state index is 0.0691. The summed E-state index contributed by atoms with van der Waals surface area (Å²) in [5.41, 5.74) is 3.49. The second-order valence-corrected chi connectivity index (χ2v) is 6.58. The molecule has 132 valence electrons. The van der Waals surface area contributed by atoms with Crippen molar-refractivity contribution >= 4 is 11.6 Å². The smallest absolute Gasteiger partial charge is 0.224 e. The van der Waals surface area contributed by atoms with Gasteiger partial charge >= 0.3 is 0 Å². The van der Waals surface area contributed by atoms with Gasteiger partial charge in [-0.05, 0) is 31.0 Å². The number of nitrogens with one attached hydrogen (secondary N) is 1. The van der Waals surface area contributed by atoms with Gasteiger partial charge in [-0.2, -0.15) is 0 Å². The van der Waals surface area contributed by atoms with E-state index in [2.05, 4.69) is 34.5 Å². The highest BCUT2D eigenvalue weighted by atomic mass is 16.5. The zero-order chi connectivity index (χ0) is 17.5. The van der Waals surface area contributed by atoms with Crippen LogP contribution in [-0.2, 0) is 16.0 Å². The number of morpholine rings is 1. The molecule has 0 aliphatic carbocycles. The predicted octanol–water partition coefficient (Wildman–Crippen LogP) is 2.95. The molecular weight excluding hydrogens is 312 g/mol. The van der Waals surface area contributed by atoms with E-state index in [-0.39, 0.29) is 12.0 Å². The fourth-order valence-corrected chi connectivity index (χ4v) is 3.09. The summed E-state index contributed by atoms with van der Waals surface area (Å²) in [5, 5.41) is 3.01. The van der Waals surface area contributed by atoms with Crippen molar-refractivity contribution in [3.8, 4) is 0 Å². The molecule has 1 unspecified atom stereocenters. The second kappa shape index (κ2) is 8.67. The third-order valence-corrected chi connectivity index (χ3v) is 4.53. The van der Waals surface area contributed by atoms with Crippen LogP contribution in [0, 0.1) is 6.92 Å². The highest BCUT2D eigenvalue weighted by Crippen LogP contribution is 2.18. The Labute approximate surface area is 149 Å². The number of rotatable bonds is 6. The molecule has 0 saturated carbocycles. The van der Waals surface area contributed by atoms with Crippen LogP contribution in [0.5, 0.6) is 0 Å². The van der Waals surface area contributed by atoms with Crippen molar-refractivity contribution in [1.29, 1.82) is 0 Å². The molecule has 1 aliphatic heterocycles. The van der Waals surface area contributed by atoms with Crippen molar-refractivity contribution < 1.29 is 9.53 Å². The van der Waals surface area contributed by atoms with E-state index in [1.165, 1.54) is 11.3 Å². The number of aryl methyl sites for hydroxylation is 1. The third-order valence-electron chi connectivity index (χ3n) is 4.53. The molecule has 1 atom stereocenters. The van der Waals surface area contributed by atoms with Gasteiger partial charge in [0, 0.05) is 25.3 Å². The molecule has 1 heterocycles. The van der Waals surface area contributed by atoms with Crippen LogP contribution >= 0.6 is 0 Å². The maximum Gasteiger partial charge on any atom is 0.224 e. The number of amides is 1. The molecule has 1 N–H and O–H groups in total. The van der Waals surface area contributed by atoms with E-state index in [4.69, 9.17) is 4.74 Å². The van der Waals surface area contributed by atoms with Crippen molar-refractivity contribution in [3.05, 3.63) is 65.7 Å². The first-order chi connectivity index (χ1) is 12.2. The van der Waals surface area contributed by atoms with Crippen molar-refractivity contribution in [2.45, 2.75) is 25.9 Å². The zero-order valence-corrected chi connectivity index (χ0v) is 14.8. The van der Waals surface area contributed by atoms with E-state index in [1.807, 2.05) is 37.3 Å². The first-order valence-electron chi connectivity index (χ1n) is 8.94. The van der Waals surface area contributed by atoms with Gasteiger partial charge in [-0.15, -0.1) is 0 Å². The Morgan fingerprint density at radius 3 is 2.68 bits per heavy atom. The molecule has 2 aromatic carbocycles. The molecule has 4 nitrogen and oxygen atoms in total. The molecule has 2 aromatic rings. The van der Waals surface area contributed by atoms with E-state index >= 15 is 0 Å². The number of benzene rings is 2. The lowest BCUT2D eigenvalue weighted by molar-refractivity contribution is -0.120. The van der Waals surface area contributed by atoms with E-state index in [0.717, 1.165) is 31.7 Å². The zero-order valence-electron chi connectivity index (χ0n) is 14.8. The summed E-state index contributed by atoms with van der Waals surface area (Å²) in [6.07, 6.45) is 1.43. The third kappa shape index (κ3) is 5.33. The summed E-state index contributed by atoms with van der Waals surface area (Å²) < 4.78 is 5.85. The molecule has 3 rings (SSSR count). The normalized spacial score (nSPS) is 17.3. The lowest BCUT2D eigenvalue weighted by atomic mass is 10.1. The number of hydrogen-bond donors (Lipinski definition) is 1. The first kappa shape index (κ1) is 17.5. The largest absolute Gasteiger partial charge is 0.374 e. The molecule has 0 aromatic heterocycles. The van der Waals surface area contributed by atoms with Gasteiger partial charge < -0.3 is 15.0 Å². The molecule has 4 heteroatoms. The van der Waals surface area contributed by atoms with Crippen molar-refractivity contribution in [2.75, 3.05) is 31.1 Å². The average Bonchev–Trinajstić information content (AvgIpc) is 2.65. The number of anilines is 1. The van der Waals surface area contributed by atoms with Crippen molar-refractivity contribution in [3.63, 3.8) is 0 Å². The Morgan fingerprint density at radius 1 is 1.16 bits per heavy atom. The van der Waals surface area contributed by atoms with Crippen LogP contribution in [0.1, 0.15) is 17.5 Å². The Morgan fingerprint density at radius 2 is 1.92 bits per heavy atom. The summed E-state index contributed by atoms with van der Waals surface area (Å²) in [6, 6.07) is 18.5. The van der Waals surface area contributed by atoms with Crippen LogP contribution in [0.25, 0.3) is 0 Å². The van der Waals surface area contributed by atoms with Gasteiger partial charge in [0.05, 0.1) is 19.1 Å². The van der Waals surface area contributed by atoms with Crippen LogP contribution in [0.3, 0.4) is 0 Å². The van der Waals surface area contributed by atoms with E-state index < -0.39 is 0 Å². The Hall–Kier alpha value is -2.33. The van der Waals surface area contributed by atoms with Crippen LogP contribution < -0.4 is 10.2 Å². The van der Waals surface area contributed by atoms with Gasteiger partial charge in [0.1, 0.15) is 0 Å². The summed E-state index contributed by atoms with van der Waals surface area (Å²) in [7, 11) is 0. The average molecular weight is 338 g/mol. The molecule has 0 spiro atoms. The lowest BCUT2D eigenvalue weighted by Gasteiger charge is -2.34. The van der Waals surface area contributed by atoms with E-state index in [0.29, 0.717) is 13.0 Å². The fourth-order valence-electron chi connectivity index (χ4n) is 3.09. The first-order valence-corrected chi connectivity index (χ1v) is 8.94. The van der Waals surface area contributed by atoms with Crippen LogP contribution in [0.2, 0.25) is 0 Å². The van der Waals surface area contributed by atoms with Gasteiger partial charge in [0.2, 0.25) is 5.91 Å². The molecule has 25 heavy (non-hydrogen) atoms. The molecule has 0 bridgehead atoms. The minimum atomic E-state index is 0.0691. The summed E-state index contributed by atoms with van der Waals surface area (Å²) in [4.78, 5) is 14.4. The van der Waals surface area contributed by atoms with Crippen LogP contribution in [-0.4, -0.2) is 38.3 Å². The van der Waals surface area contributed by atoms with Crippen molar-refractivity contribution in [2.24, 2.45) is 0 Å². The van der Waals surface area contributed by atoms with Gasteiger partial charge in [0.15, 0.2) is 0 Å². The maximum atomic E-state index is 12.1. The van der Waals surface area contributed by atoms with Crippen molar-refractivity contribution in [1.82, 2.24) is 5.32 Å². The van der Waals surface area contributed by atoms with Crippen LogP contribution in [0.4, 0.5) is 5.69 Å². The molecule has 0 radical (unpaired) electrons. The summed E-state index contributed by atoms with van der Waals surface area (Å²) >= 11 is 0. The number of nitrogens with zero attached hydrogens (tertiary/aromatic N) is 1. The van der Waals surface area contributed by atoms with Gasteiger partial charge in [0.25, 0.3) is 0 Å². The SMILES string of the molecule is Cc1ccc(CC(=O)NCCC2CN(c3ccccc3)CCO2)cc1. The van der Waals surface area contributed by atoms with Crippen LogP contribution in [0.15, 0.2) is 54.6 Å². The number of para-hydroxylation sites is 1. The second-order valence-electron chi connectivity index (χ2n) is 6.58. The Balaban J connectivity index is 1.41. The number of ether oxygens (including phenoxy) is 1. The molecule has 1 amide bonds. The topological polar surface area (TPSA) is 41.6 Å². The molecule has 1 saturated heterocycles. The lowest BCUT2D eigenvalue weighted by Crippen LogP contribution is -2.44. The molecule has 1 fully saturated rings. The van der Waals surface area contributed by atoms with Gasteiger partial charge in [-0.25, -0.2) is 0 Å². The standard InChI is InChI=1S/C21H26N2O2/c1-17-7-9-18(10-8-17)15-21(24)22-12-11-20-16-23(13-14-25-20)19-5-3-2-4-6-19/h2-10,20H,11-16H2,1H3,(H,22,24). The number of carbonyl (C=O) groups is 1. The molecular formula is C21H26N2O2. The summed E-state index contributed by atoms with van der Waals surface area (Å²) in [5.74, 6) is 0.0691. The Bertz CT molecular complexity index is 670. The number of carbonyl (C=O) groups excluding carboxylic acids is 1. The fraction of sp³-hybridized carbons (Fsp3) is 0.381. The summed E-state index contributed by atoms with van der Waals surface area (Å²) in [6.45, 7) is 5.22. The monoisotopic (exact) mass is 338 g/mol. The quantitative estimate of drug-likeness (QED) is 0.880. The van der Waals surface area contributed by atoms with Gasteiger partial charge in [-0.3, -0.25) is 4.79 Å². The maximum absolute atomic E-state index is 12.1. The number of hydrogen-bond acceptors (Lipinski definition) is 3. The Kier molecular flexibility index (Phi) is 6.07.